The molecule has 104 valence electrons. The minimum atomic E-state index is 0.102. The minimum absolute atomic E-state index is 0.102. The highest BCUT2D eigenvalue weighted by Crippen LogP contribution is 2.27. The van der Waals surface area contributed by atoms with Crippen LogP contribution in [0.5, 0.6) is 0 Å². The summed E-state index contributed by atoms with van der Waals surface area (Å²) in [6, 6.07) is 20.0. The maximum atomic E-state index is 6.31. The Kier molecular flexibility index (Phi) is 3.86. The number of hydrogen-bond donors (Lipinski definition) is 1. The van der Waals surface area contributed by atoms with Crippen LogP contribution in [0.3, 0.4) is 0 Å². The first kappa shape index (κ1) is 13.3. The summed E-state index contributed by atoms with van der Waals surface area (Å²) in [5.74, 6) is 0. The number of rotatable bonds is 5. The molecule has 0 aliphatic heterocycles. The van der Waals surface area contributed by atoms with Crippen LogP contribution in [-0.4, -0.2) is 24.5 Å². The molecule has 20 heavy (non-hydrogen) atoms. The SMILES string of the molecule is CN(CC(N)c1ccc(-c2ccccc2)cc1)C1CC1. The van der Waals surface area contributed by atoms with Crippen molar-refractivity contribution in [3.05, 3.63) is 60.2 Å². The van der Waals surface area contributed by atoms with E-state index in [4.69, 9.17) is 5.73 Å². The van der Waals surface area contributed by atoms with Gasteiger partial charge in [0.05, 0.1) is 0 Å². The molecule has 1 atom stereocenters. The van der Waals surface area contributed by atoms with Crippen molar-refractivity contribution in [2.75, 3.05) is 13.6 Å². The lowest BCUT2D eigenvalue weighted by molar-refractivity contribution is 0.303. The quantitative estimate of drug-likeness (QED) is 0.898. The van der Waals surface area contributed by atoms with Crippen LogP contribution >= 0.6 is 0 Å². The molecule has 0 bridgehead atoms. The summed E-state index contributed by atoms with van der Waals surface area (Å²) in [5, 5.41) is 0. The molecule has 2 nitrogen and oxygen atoms in total. The molecule has 2 aromatic rings. The normalized spacial score (nSPS) is 16.4. The average molecular weight is 266 g/mol. The van der Waals surface area contributed by atoms with Crippen molar-refractivity contribution in [3.8, 4) is 11.1 Å². The summed E-state index contributed by atoms with van der Waals surface area (Å²) >= 11 is 0. The molecule has 1 unspecified atom stereocenters. The Balaban J connectivity index is 1.69. The smallest absolute Gasteiger partial charge is 0.0424 e. The minimum Gasteiger partial charge on any atom is -0.323 e. The highest BCUT2D eigenvalue weighted by Gasteiger charge is 2.27. The van der Waals surface area contributed by atoms with Crippen LogP contribution in [0.1, 0.15) is 24.4 Å². The zero-order chi connectivity index (χ0) is 13.9. The van der Waals surface area contributed by atoms with E-state index in [1.807, 2.05) is 6.07 Å². The highest BCUT2D eigenvalue weighted by atomic mass is 15.2. The van der Waals surface area contributed by atoms with Gasteiger partial charge < -0.3 is 10.6 Å². The summed E-state index contributed by atoms with van der Waals surface area (Å²) in [6.45, 7) is 0.940. The maximum absolute atomic E-state index is 6.31. The maximum Gasteiger partial charge on any atom is 0.0424 e. The predicted octanol–water partition coefficient (Wildman–Crippen LogP) is 3.45. The molecule has 2 heteroatoms. The molecule has 0 spiro atoms. The predicted molar refractivity (Wildman–Crippen MR) is 84.5 cm³/mol. The molecule has 1 fully saturated rings. The molecule has 1 aliphatic carbocycles. The number of benzene rings is 2. The molecule has 2 N–H and O–H groups in total. The lowest BCUT2D eigenvalue weighted by Crippen LogP contribution is -2.30. The van der Waals surface area contributed by atoms with Crippen molar-refractivity contribution in [2.24, 2.45) is 5.73 Å². The third-order valence-electron chi connectivity index (χ3n) is 4.10. The van der Waals surface area contributed by atoms with E-state index in [0.717, 1.165) is 12.6 Å². The summed E-state index contributed by atoms with van der Waals surface area (Å²) < 4.78 is 0. The Bertz CT molecular complexity index is 543. The van der Waals surface area contributed by atoms with Gasteiger partial charge in [0.1, 0.15) is 0 Å². The average Bonchev–Trinajstić information content (AvgIpc) is 3.33. The highest BCUT2D eigenvalue weighted by molar-refractivity contribution is 5.63. The van der Waals surface area contributed by atoms with E-state index >= 15 is 0 Å². The lowest BCUT2D eigenvalue weighted by Gasteiger charge is -2.21. The van der Waals surface area contributed by atoms with Gasteiger partial charge in [-0.15, -0.1) is 0 Å². The van der Waals surface area contributed by atoms with E-state index in [1.54, 1.807) is 0 Å². The van der Waals surface area contributed by atoms with Crippen LogP contribution < -0.4 is 5.73 Å². The number of nitrogens with two attached hydrogens (primary N) is 1. The Labute approximate surface area is 121 Å². The van der Waals surface area contributed by atoms with Gasteiger partial charge in [-0.1, -0.05) is 54.6 Å². The third kappa shape index (κ3) is 3.09. The van der Waals surface area contributed by atoms with E-state index in [1.165, 1.54) is 29.5 Å². The summed E-state index contributed by atoms with van der Waals surface area (Å²) in [6.07, 6.45) is 2.66. The van der Waals surface area contributed by atoms with Gasteiger partial charge >= 0.3 is 0 Å². The fourth-order valence-electron chi connectivity index (χ4n) is 2.63. The molecule has 0 aromatic heterocycles. The van der Waals surface area contributed by atoms with Crippen LogP contribution in [-0.2, 0) is 0 Å². The molecular formula is C18H22N2. The van der Waals surface area contributed by atoms with Crippen molar-refractivity contribution in [1.29, 1.82) is 0 Å². The second-order valence-corrected chi connectivity index (χ2v) is 5.77. The van der Waals surface area contributed by atoms with Crippen molar-refractivity contribution >= 4 is 0 Å². The van der Waals surface area contributed by atoms with E-state index in [-0.39, 0.29) is 6.04 Å². The second kappa shape index (κ2) is 5.78. The monoisotopic (exact) mass is 266 g/mol. The zero-order valence-corrected chi connectivity index (χ0v) is 12.0. The molecular weight excluding hydrogens is 244 g/mol. The molecule has 2 aromatic carbocycles. The van der Waals surface area contributed by atoms with Crippen molar-refractivity contribution in [3.63, 3.8) is 0 Å². The summed E-state index contributed by atoms with van der Waals surface area (Å²) in [4.78, 5) is 2.38. The van der Waals surface area contributed by atoms with Crippen molar-refractivity contribution < 1.29 is 0 Å². The summed E-state index contributed by atoms with van der Waals surface area (Å²) in [5.41, 5.74) is 10.0. The number of hydrogen-bond acceptors (Lipinski definition) is 2. The van der Waals surface area contributed by atoms with Crippen LogP contribution in [0.15, 0.2) is 54.6 Å². The molecule has 0 heterocycles. The second-order valence-electron chi connectivity index (χ2n) is 5.77. The van der Waals surface area contributed by atoms with Gasteiger partial charge in [0, 0.05) is 18.6 Å². The van der Waals surface area contributed by atoms with E-state index in [9.17, 15) is 0 Å². The standard InChI is InChI=1S/C18H22N2/c1-20(17-11-12-17)13-18(19)16-9-7-15(8-10-16)14-5-3-2-4-6-14/h2-10,17-18H,11-13,19H2,1H3. The van der Waals surface area contributed by atoms with E-state index < -0.39 is 0 Å². The molecule has 0 amide bonds. The topological polar surface area (TPSA) is 29.3 Å². The first-order valence-corrected chi connectivity index (χ1v) is 7.35. The lowest BCUT2D eigenvalue weighted by atomic mass is 10.0. The Morgan fingerprint density at radius 2 is 1.60 bits per heavy atom. The first-order valence-electron chi connectivity index (χ1n) is 7.35. The Morgan fingerprint density at radius 3 is 2.20 bits per heavy atom. The van der Waals surface area contributed by atoms with E-state index in [0.29, 0.717) is 0 Å². The molecule has 0 radical (unpaired) electrons. The van der Waals surface area contributed by atoms with E-state index in [2.05, 4.69) is 60.5 Å². The van der Waals surface area contributed by atoms with Gasteiger partial charge in [0.25, 0.3) is 0 Å². The molecule has 3 rings (SSSR count). The zero-order valence-electron chi connectivity index (χ0n) is 12.0. The van der Waals surface area contributed by atoms with Crippen LogP contribution in [0.4, 0.5) is 0 Å². The van der Waals surface area contributed by atoms with Crippen LogP contribution in [0.25, 0.3) is 11.1 Å². The molecule has 1 aliphatic rings. The molecule has 0 saturated heterocycles. The fraction of sp³-hybridized carbons (Fsp3) is 0.333. The van der Waals surface area contributed by atoms with Gasteiger partial charge in [-0.3, -0.25) is 0 Å². The number of nitrogens with zero attached hydrogens (tertiary/aromatic N) is 1. The summed E-state index contributed by atoms with van der Waals surface area (Å²) in [7, 11) is 2.18. The Morgan fingerprint density at radius 1 is 1.00 bits per heavy atom. The Hall–Kier alpha value is -1.64. The van der Waals surface area contributed by atoms with Gasteiger partial charge in [-0.2, -0.15) is 0 Å². The van der Waals surface area contributed by atoms with Gasteiger partial charge in [0.2, 0.25) is 0 Å². The van der Waals surface area contributed by atoms with Crippen molar-refractivity contribution in [1.82, 2.24) is 4.90 Å². The van der Waals surface area contributed by atoms with Crippen LogP contribution in [0.2, 0.25) is 0 Å². The van der Waals surface area contributed by atoms with Crippen molar-refractivity contribution in [2.45, 2.75) is 24.9 Å². The molecule has 1 saturated carbocycles. The fourth-order valence-corrected chi connectivity index (χ4v) is 2.63. The third-order valence-corrected chi connectivity index (χ3v) is 4.10. The van der Waals surface area contributed by atoms with Gasteiger partial charge in [-0.05, 0) is 36.6 Å². The van der Waals surface area contributed by atoms with Crippen LogP contribution in [0, 0.1) is 0 Å². The van der Waals surface area contributed by atoms with Gasteiger partial charge in [-0.25, -0.2) is 0 Å². The largest absolute Gasteiger partial charge is 0.323 e. The first-order chi connectivity index (χ1) is 9.74. The van der Waals surface area contributed by atoms with Gasteiger partial charge in [0.15, 0.2) is 0 Å². The number of likely N-dealkylation sites (N-methyl/N-ethyl adjacent to an activating group) is 1.